The van der Waals surface area contributed by atoms with E-state index in [4.69, 9.17) is 4.74 Å². The number of ether oxygens (including phenoxy) is 1. The van der Waals surface area contributed by atoms with E-state index in [1.807, 2.05) is 42.5 Å². The first-order valence-corrected chi connectivity index (χ1v) is 10.4. The van der Waals surface area contributed by atoms with Crippen LogP contribution < -0.4 is 15.0 Å². The molecule has 0 fully saturated rings. The first-order chi connectivity index (χ1) is 16.1. The largest absolute Gasteiger partial charge is 0.496 e. The molecule has 4 aromatic rings. The van der Waals surface area contributed by atoms with Crippen LogP contribution in [-0.4, -0.2) is 18.9 Å². The second-order valence-electron chi connectivity index (χ2n) is 7.50. The van der Waals surface area contributed by atoms with Crippen molar-refractivity contribution in [2.45, 2.75) is 0 Å². The maximum atomic E-state index is 14.6. The van der Waals surface area contributed by atoms with Crippen molar-refractivity contribution in [1.82, 2.24) is 0 Å². The third-order valence-electron chi connectivity index (χ3n) is 5.60. The number of nitrogens with zero attached hydrogens (tertiary/aromatic N) is 1. The molecule has 0 radical (unpaired) electrons. The highest BCUT2D eigenvalue weighted by Gasteiger charge is 2.42. The molecule has 33 heavy (non-hydrogen) atoms. The lowest BCUT2D eigenvalue weighted by Crippen LogP contribution is -2.33. The molecule has 0 spiro atoms. The highest BCUT2D eigenvalue weighted by Crippen LogP contribution is 2.38. The van der Waals surface area contributed by atoms with Gasteiger partial charge in [0.15, 0.2) is 0 Å². The van der Waals surface area contributed by atoms with E-state index in [0.717, 1.165) is 15.7 Å². The molecule has 5 nitrogen and oxygen atoms in total. The molecule has 0 atom stereocenters. The smallest absolute Gasteiger partial charge is 0.282 e. The molecule has 0 saturated carbocycles. The normalized spacial score (nSPS) is 13.7. The van der Waals surface area contributed by atoms with Crippen molar-refractivity contribution < 1.29 is 18.7 Å². The number of carbonyl (C=O) groups excluding carboxylic acids is 2. The Morgan fingerprint density at radius 2 is 1.48 bits per heavy atom. The van der Waals surface area contributed by atoms with Crippen LogP contribution in [0.4, 0.5) is 15.8 Å². The van der Waals surface area contributed by atoms with Gasteiger partial charge in [-0.1, -0.05) is 66.7 Å². The van der Waals surface area contributed by atoms with Crippen molar-refractivity contribution in [2.75, 3.05) is 17.3 Å². The Balaban J connectivity index is 1.71. The minimum atomic E-state index is -0.662. The van der Waals surface area contributed by atoms with Crippen LogP contribution in [0, 0.1) is 5.82 Å². The topological polar surface area (TPSA) is 58.6 Å². The molecule has 4 aromatic carbocycles. The summed E-state index contributed by atoms with van der Waals surface area (Å²) in [6, 6.07) is 26.0. The van der Waals surface area contributed by atoms with E-state index in [2.05, 4.69) is 5.32 Å². The van der Waals surface area contributed by atoms with E-state index in [-0.39, 0.29) is 17.0 Å². The Kier molecular flexibility index (Phi) is 5.11. The molecular formula is C27H19FN2O3. The van der Waals surface area contributed by atoms with Crippen molar-refractivity contribution in [2.24, 2.45) is 0 Å². The molecule has 1 N–H and O–H groups in total. The predicted molar refractivity (Wildman–Crippen MR) is 126 cm³/mol. The summed E-state index contributed by atoms with van der Waals surface area (Å²) < 4.78 is 20.1. The lowest BCUT2D eigenvalue weighted by molar-refractivity contribution is -0.120. The van der Waals surface area contributed by atoms with E-state index in [0.29, 0.717) is 17.0 Å². The van der Waals surface area contributed by atoms with Crippen molar-refractivity contribution in [3.8, 4) is 5.75 Å². The van der Waals surface area contributed by atoms with Gasteiger partial charge >= 0.3 is 0 Å². The van der Waals surface area contributed by atoms with Crippen LogP contribution in [0.25, 0.3) is 16.3 Å². The predicted octanol–water partition coefficient (Wildman–Crippen LogP) is 5.38. The average molecular weight is 438 g/mol. The third kappa shape index (κ3) is 3.42. The summed E-state index contributed by atoms with van der Waals surface area (Å²) in [5, 5.41) is 5.03. The molecule has 6 heteroatoms. The van der Waals surface area contributed by atoms with Crippen molar-refractivity contribution >= 4 is 39.5 Å². The molecule has 0 unspecified atom stereocenters. The number of fused-ring (bicyclic) bond motifs is 1. The molecule has 1 aliphatic heterocycles. The number of para-hydroxylation sites is 2. The first-order valence-electron chi connectivity index (χ1n) is 10.4. The molecule has 2 amide bonds. The fourth-order valence-electron chi connectivity index (χ4n) is 4.07. The van der Waals surface area contributed by atoms with Crippen LogP contribution >= 0.6 is 0 Å². The van der Waals surface area contributed by atoms with Gasteiger partial charge < -0.3 is 10.1 Å². The lowest BCUT2D eigenvalue weighted by Gasteiger charge is -2.16. The molecule has 0 saturated heterocycles. The quantitative estimate of drug-likeness (QED) is 0.425. The van der Waals surface area contributed by atoms with Crippen LogP contribution in [0.3, 0.4) is 0 Å². The lowest BCUT2D eigenvalue weighted by atomic mass is 10.0. The van der Waals surface area contributed by atoms with E-state index < -0.39 is 17.6 Å². The summed E-state index contributed by atoms with van der Waals surface area (Å²) in [6.07, 6.45) is 0. The first kappa shape index (κ1) is 20.5. The average Bonchev–Trinajstić information content (AvgIpc) is 3.08. The number of nitrogens with one attached hydrogen (secondary N) is 1. The van der Waals surface area contributed by atoms with Gasteiger partial charge in [-0.25, -0.2) is 9.29 Å². The van der Waals surface area contributed by atoms with Gasteiger partial charge in [-0.2, -0.15) is 0 Å². The van der Waals surface area contributed by atoms with E-state index in [1.165, 1.54) is 25.3 Å². The number of methoxy groups -OCH3 is 1. The number of benzene rings is 4. The number of imide groups is 1. The molecule has 0 aromatic heterocycles. The van der Waals surface area contributed by atoms with Crippen LogP contribution in [-0.2, 0) is 9.59 Å². The molecule has 5 rings (SSSR count). The molecule has 162 valence electrons. The van der Waals surface area contributed by atoms with Gasteiger partial charge in [0.05, 0.1) is 18.4 Å². The number of hydrogen-bond donors (Lipinski definition) is 1. The fraction of sp³-hybridized carbons (Fsp3) is 0.0370. The Morgan fingerprint density at radius 1 is 0.788 bits per heavy atom. The number of hydrogen-bond acceptors (Lipinski definition) is 4. The minimum absolute atomic E-state index is 0.0594. The Morgan fingerprint density at radius 3 is 2.30 bits per heavy atom. The molecule has 0 aliphatic carbocycles. The van der Waals surface area contributed by atoms with Gasteiger partial charge in [0, 0.05) is 16.6 Å². The van der Waals surface area contributed by atoms with E-state index in [9.17, 15) is 14.0 Å². The number of carbonyl (C=O) groups is 2. The van der Waals surface area contributed by atoms with Crippen LogP contribution in [0.15, 0.2) is 96.7 Å². The molecule has 1 aliphatic rings. The van der Waals surface area contributed by atoms with Gasteiger partial charge in [0.1, 0.15) is 17.3 Å². The zero-order valence-electron chi connectivity index (χ0n) is 17.7. The maximum absolute atomic E-state index is 14.6. The highest BCUT2D eigenvalue weighted by atomic mass is 19.1. The van der Waals surface area contributed by atoms with Crippen molar-refractivity contribution in [3.63, 3.8) is 0 Å². The number of halogens is 1. The van der Waals surface area contributed by atoms with Gasteiger partial charge in [0.2, 0.25) is 0 Å². The number of amides is 2. The Hall–Kier alpha value is -4.45. The second-order valence-corrected chi connectivity index (χ2v) is 7.50. The minimum Gasteiger partial charge on any atom is -0.496 e. The molecular weight excluding hydrogens is 419 g/mol. The standard InChI is InChI=1S/C27H19FN2O3/c1-33-23-16-7-4-12-19(23)24-25(29-21-14-8-10-17-9-2-3-11-18(17)21)27(32)30(26(24)31)22-15-6-5-13-20(22)28/h2-16,29H,1H3. The SMILES string of the molecule is COc1ccccc1C1=C(Nc2cccc3ccccc23)C(=O)N(c2ccccc2F)C1=O. The van der Waals surface area contributed by atoms with E-state index >= 15 is 0 Å². The number of anilines is 2. The second kappa shape index (κ2) is 8.24. The van der Waals surface area contributed by atoms with Gasteiger partial charge in [-0.15, -0.1) is 0 Å². The zero-order valence-corrected chi connectivity index (χ0v) is 17.7. The van der Waals surface area contributed by atoms with Crippen molar-refractivity contribution in [1.29, 1.82) is 0 Å². The summed E-state index contributed by atoms with van der Waals surface area (Å²) in [5.41, 5.74) is 1.18. The van der Waals surface area contributed by atoms with Gasteiger partial charge in [0.25, 0.3) is 11.8 Å². The zero-order chi connectivity index (χ0) is 22.9. The van der Waals surface area contributed by atoms with Gasteiger partial charge in [-0.05, 0) is 29.7 Å². The van der Waals surface area contributed by atoms with Crippen molar-refractivity contribution in [3.05, 3.63) is 108 Å². The Labute approximate surface area is 189 Å². The third-order valence-corrected chi connectivity index (χ3v) is 5.60. The summed E-state index contributed by atoms with van der Waals surface area (Å²) in [7, 11) is 1.49. The maximum Gasteiger partial charge on any atom is 0.282 e. The van der Waals surface area contributed by atoms with Gasteiger partial charge in [-0.3, -0.25) is 9.59 Å². The summed E-state index contributed by atoms with van der Waals surface area (Å²) in [4.78, 5) is 28.0. The van der Waals surface area contributed by atoms with Crippen LogP contribution in [0.1, 0.15) is 5.56 Å². The van der Waals surface area contributed by atoms with Crippen LogP contribution in [0.2, 0.25) is 0 Å². The monoisotopic (exact) mass is 438 g/mol. The number of rotatable bonds is 5. The fourth-order valence-corrected chi connectivity index (χ4v) is 4.07. The summed E-state index contributed by atoms with van der Waals surface area (Å²) in [6.45, 7) is 0. The Bertz CT molecular complexity index is 1440. The summed E-state index contributed by atoms with van der Waals surface area (Å²) in [5.74, 6) is -1.50. The van der Waals surface area contributed by atoms with E-state index in [1.54, 1.807) is 30.3 Å². The van der Waals surface area contributed by atoms with Crippen LogP contribution in [0.5, 0.6) is 5.75 Å². The highest BCUT2D eigenvalue weighted by molar-refractivity contribution is 6.46. The molecule has 1 heterocycles. The summed E-state index contributed by atoms with van der Waals surface area (Å²) >= 11 is 0. The molecule has 0 bridgehead atoms.